The molecule has 22 heavy (non-hydrogen) atoms. The number of rotatable bonds is 2. The first-order valence-corrected chi connectivity index (χ1v) is 7.67. The zero-order valence-electron chi connectivity index (χ0n) is 13.8. The number of amides is 1. The predicted octanol–water partition coefficient (Wildman–Crippen LogP) is 2.63. The number of carbonyl (C=O) groups is 1. The summed E-state index contributed by atoms with van der Waals surface area (Å²) in [4.78, 5) is 14.1. The van der Waals surface area contributed by atoms with Crippen LogP contribution in [0.5, 0.6) is 0 Å². The summed E-state index contributed by atoms with van der Waals surface area (Å²) >= 11 is 0. The largest absolute Gasteiger partial charge is 0.444 e. The van der Waals surface area contributed by atoms with Gasteiger partial charge in [-0.05, 0) is 33.3 Å². The summed E-state index contributed by atoms with van der Waals surface area (Å²) < 4.78 is 11.0. The van der Waals surface area contributed by atoms with Gasteiger partial charge in [0.2, 0.25) is 0 Å². The van der Waals surface area contributed by atoms with E-state index in [1.54, 1.807) is 4.90 Å². The molecule has 0 spiro atoms. The van der Waals surface area contributed by atoms with Crippen LogP contribution >= 0.6 is 0 Å². The minimum Gasteiger partial charge on any atom is -0.444 e. The van der Waals surface area contributed by atoms with E-state index < -0.39 is 5.60 Å². The van der Waals surface area contributed by atoms with Crippen molar-refractivity contribution in [2.45, 2.75) is 45.4 Å². The van der Waals surface area contributed by atoms with E-state index in [1.165, 1.54) is 0 Å². The monoisotopic (exact) mass is 306 g/mol. The van der Waals surface area contributed by atoms with Gasteiger partial charge >= 0.3 is 6.09 Å². The molecule has 122 valence electrons. The molecule has 2 atom stereocenters. The van der Waals surface area contributed by atoms with Crippen LogP contribution in [-0.2, 0) is 9.47 Å². The number of ether oxygens (including phenoxy) is 2. The molecular formula is C17H26N2O3. The third kappa shape index (κ3) is 4.21. The molecule has 1 fully saturated rings. The van der Waals surface area contributed by atoms with Crippen molar-refractivity contribution in [3.63, 3.8) is 0 Å². The lowest BCUT2D eigenvalue weighted by Gasteiger charge is -2.39. The Morgan fingerprint density at radius 3 is 2.82 bits per heavy atom. The number of carbonyl (C=O) groups excluding carboxylic acids is 1. The van der Waals surface area contributed by atoms with Gasteiger partial charge in [-0.15, -0.1) is 0 Å². The van der Waals surface area contributed by atoms with Crippen LogP contribution in [0.15, 0.2) is 24.3 Å². The molecule has 0 bridgehead atoms. The van der Waals surface area contributed by atoms with Gasteiger partial charge in [0.05, 0.1) is 25.3 Å². The average molecular weight is 306 g/mol. The average Bonchev–Trinajstić information content (AvgIpc) is 2.44. The summed E-state index contributed by atoms with van der Waals surface area (Å²) in [7, 11) is 0. The van der Waals surface area contributed by atoms with E-state index >= 15 is 0 Å². The maximum absolute atomic E-state index is 12.4. The van der Waals surface area contributed by atoms with Crippen LogP contribution in [0.2, 0.25) is 0 Å². The topological polar surface area (TPSA) is 64.8 Å². The summed E-state index contributed by atoms with van der Waals surface area (Å²) in [5.41, 5.74) is 8.03. The Morgan fingerprint density at radius 2 is 2.18 bits per heavy atom. The van der Waals surface area contributed by atoms with Crippen molar-refractivity contribution in [2.24, 2.45) is 5.73 Å². The fourth-order valence-electron chi connectivity index (χ4n) is 2.57. The van der Waals surface area contributed by atoms with Crippen LogP contribution in [0.25, 0.3) is 0 Å². The van der Waals surface area contributed by atoms with Crippen LogP contribution in [0.4, 0.5) is 4.79 Å². The fourth-order valence-corrected chi connectivity index (χ4v) is 2.57. The van der Waals surface area contributed by atoms with E-state index in [-0.39, 0.29) is 18.2 Å². The Kier molecular flexibility index (Phi) is 5.08. The highest BCUT2D eigenvalue weighted by molar-refractivity contribution is 5.69. The third-order valence-electron chi connectivity index (χ3n) is 3.64. The molecule has 1 amide bonds. The number of nitrogens with two attached hydrogens (primary N) is 1. The minimum absolute atomic E-state index is 0.217. The summed E-state index contributed by atoms with van der Waals surface area (Å²) in [6.07, 6.45) is -0.330. The van der Waals surface area contributed by atoms with E-state index in [4.69, 9.17) is 15.2 Å². The van der Waals surface area contributed by atoms with Gasteiger partial charge in [-0.3, -0.25) is 4.90 Å². The Labute approximate surface area is 132 Å². The second-order valence-corrected chi connectivity index (χ2v) is 6.76. The zero-order valence-corrected chi connectivity index (χ0v) is 13.8. The molecule has 2 unspecified atom stereocenters. The highest BCUT2D eigenvalue weighted by atomic mass is 16.6. The first-order chi connectivity index (χ1) is 10.3. The van der Waals surface area contributed by atoms with Gasteiger partial charge in [-0.25, -0.2) is 4.79 Å². The van der Waals surface area contributed by atoms with E-state index in [1.807, 2.05) is 52.0 Å². The highest BCUT2D eigenvalue weighted by Crippen LogP contribution is 2.24. The normalized spacial score (nSPS) is 20.6. The second-order valence-electron chi connectivity index (χ2n) is 6.76. The molecule has 1 saturated heterocycles. The number of hydrogen-bond donors (Lipinski definition) is 1. The molecule has 5 heteroatoms. The Hall–Kier alpha value is -1.59. The summed E-state index contributed by atoms with van der Waals surface area (Å²) in [6.45, 7) is 9.05. The van der Waals surface area contributed by atoms with Crippen LogP contribution in [0.1, 0.15) is 37.9 Å². The van der Waals surface area contributed by atoms with Crippen LogP contribution in [0.3, 0.4) is 0 Å². The maximum Gasteiger partial charge on any atom is 0.410 e. The first-order valence-electron chi connectivity index (χ1n) is 7.67. The number of nitrogens with zero attached hydrogens (tertiary/aromatic N) is 1. The van der Waals surface area contributed by atoms with Crippen molar-refractivity contribution < 1.29 is 14.3 Å². The standard InChI is InChI=1S/C17H26N2O3/c1-12-6-5-7-13(10-12)15(18)14-11-21-9-8-19(14)16(20)22-17(2,3)4/h5-7,10,14-15H,8-9,11,18H2,1-4H3. The molecule has 0 saturated carbocycles. The van der Waals surface area contributed by atoms with Crippen LogP contribution < -0.4 is 5.73 Å². The van der Waals surface area contributed by atoms with Gasteiger partial charge in [0, 0.05) is 6.54 Å². The van der Waals surface area contributed by atoms with Crippen LogP contribution in [0, 0.1) is 6.92 Å². The molecule has 1 aromatic rings. The molecule has 0 aliphatic carbocycles. The van der Waals surface area contributed by atoms with E-state index in [2.05, 4.69) is 0 Å². The second kappa shape index (κ2) is 6.67. The lowest BCUT2D eigenvalue weighted by atomic mass is 9.97. The molecule has 0 radical (unpaired) electrons. The fraction of sp³-hybridized carbons (Fsp3) is 0.588. The maximum atomic E-state index is 12.4. The lowest BCUT2D eigenvalue weighted by Crippen LogP contribution is -2.54. The van der Waals surface area contributed by atoms with Gasteiger partial charge in [-0.2, -0.15) is 0 Å². The van der Waals surface area contributed by atoms with Gasteiger partial charge in [-0.1, -0.05) is 29.8 Å². The molecule has 0 aromatic heterocycles. The number of hydrogen-bond acceptors (Lipinski definition) is 4. The molecule has 5 nitrogen and oxygen atoms in total. The molecule has 1 aliphatic rings. The molecule has 1 aromatic carbocycles. The van der Waals surface area contributed by atoms with Gasteiger partial charge in [0.1, 0.15) is 5.60 Å². The highest BCUT2D eigenvalue weighted by Gasteiger charge is 2.35. The Balaban J connectivity index is 2.17. The Bertz CT molecular complexity index is 525. The predicted molar refractivity (Wildman–Crippen MR) is 85.7 cm³/mol. The third-order valence-corrected chi connectivity index (χ3v) is 3.64. The zero-order chi connectivity index (χ0) is 16.3. The molecule has 2 N–H and O–H groups in total. The smallest absolute Gasteiger partial charge is 0.410 e. The van der Waals surface area contributed by atoms with Crippen LogP contribution in [-0.4, -0.2) is 42.4 Å². The Morgan fingerprint density at radius 1 is 1.45 bits per heavy atom. The van der Waals surface area contributed by atoms with Crippen molar-refractivity contribution in [2.75, 3.05) is 19.8 Å². The number of morpholine rings is 1. The molecule has 2 rings (SSSR count). The van der Waals surface area contributed by atoms with Crippen molar-refractivity contribution in [1.82, 2.24) is 4.90 Å². The van der Waals surface area contributed by atoms with Gasteiger partial charge in [0.25, 0.3) is 0 Å². The first kappa shape index (κ1) is 16.8. The lowest BCUT2D eigenvalue weighted by molar-refractivity contribution is -0.0382. The van der Waals surface area contributed by atoms with Gasteiger partial charge in [0.15, 0.2) is 0 Å². The van der Waals surface area contributed by atoms with Crippen molar-refractivity contribution in [3.05, 3.63) is 35.4 Å². The molecule has 1 heterocycles. The summed E-state index contributed by atoms with van der Waals surface area (Å²) in [5, 5.41) is 0. The van der Waals surface area contributed by atoms with E-state index in [9.17, 15) is 4.79 Å². The van der Waals surface area contributed by atoms with Gasteiger partial charge < -0.3 is 15.2 Å². The quantitative estimate of drug-likeness (QED) is 0.912. The summed E-state index contributed by atoms with van der Waals surface area (Å²) in [5.74, 6) is 0. The number of aryl methyl sites for hydroxylation is 1. The molecule has 1 aliphatic heterocycles. The van der Waals surface area contributed by atoms with E-state index in [0.717, 1.165) is 11.1 Å². The minimum atomic E-state index is -0.520. The van der Waals surface area contributed by atoms with Crippen molar-refractivity contribution in [3.8, 4) is 0 Å². The molecular weight excluding hydrogens is 280 g/mol. The van der Waals surface area contributed by atoms with Crippen molar-refractivity contribution in [1.29, 1.82) is 0 Å². The number of benzene rings is 1. The SMILES string of the molecule is Cc1cccc(C(N)C2COCCN2C(=O)OC(C)(C)C)c1. The summed E-state index contributed by atoms with van der Waals surface area (Å²) in [6, 6.07) is 7.52. The van der Waals surface area contributed by atoms with Crippen molar-refractivity contribution >= 4 is 6.09 Å². The van der Waals surface area contributed by atoms with E-state index in [0.29, 0.717) is 19.8 Å².